The van der Waals surface area contributed by atoms with Gasteiger partial charge in [-0.25, -0.2) is 28.6 Å². The molecule has 3 rings (SSSR count). The highest BCUT2D eigenvalue weighted by atomic mass is 31.3. The van der Waals surface area contributed by atoms with E-state index in [0.717, 1.165) is 6.33 Å². The zero-order chi connectivity index (χ0) is 23.2. The third kappa shape index (κ3) is 5.71. The molecule has 2 aromatic heterocycles. The first-order chi connectivity index (χ1) is 14.2. The average molecular weight is 507 g/mol. The van der Waals surface area contributed by atoms with E-state index in [1.807, 2.05) is 0 Å². The number of imidazole rings is 1. The summed E-state index contributed by atoms with van der Waals surface area (Å²) in [5, 5.41) is 20.5. The van der Waals surface area contributed by atoms with E-state index in [9.17, 15) is 23.9 Å². The van der Waals surface area contributed by atoms with E-state index in [4.69, 9.17) is 30.0 Å². The number of ether oxygens (including phenoxy) is 1. The van der Waals surface area contributed by atoms with Crippen LogP contribution in [0.3, 0.4) is 0 Å². The fourth-order valence-electron chi connectivity index (χ4n) is 2.64. The van der Waals surface area contributed by atoms with Crippen LogP contribution in [0.1, 0.15) is 6.23 Å². The molecule has 8 N–H and O–H groups in total. The van der Waals surface area contributed by atoms with Crippen LogP contribution in [-0.4, -0.2) is 74.2 Å². The number of nitrogens with two attached hydrogens (primary N) is 1. The van der Waals surface area contributed by atoms with E-state index in [2.05, 4.69) is 28.1 Å². The minimum atomic E-state index is -5.59. The summed E-state index contributed by atoms with van der Waals surface area (Å²) in [6.45, 7) is -1.03. The number of hydrogen-bond donors (Lipinski definition) is 7. The van der Waals surface area contributed by atoms with Gasteiger partial charge in [-0.05, 0) is 0 Å². The van der Waals surface area contributed by atoms with Crippen molar-refractivity contribution in [2.24, 2.45) is 0 Å². The lowest BCUT2D eigenvalue weighted by Crippen LogP contribution is -2.33. The predicted octanol–water partition coefficient (Wildman–Crippen LogP) is -1.63. The Kier molecular flexibility index (Phi) is 6.68. The highest BCUT2D eigenvalue weighted by molar-refractivity contribution is 7.66. The molecule has 18 nitrogen and oxygen atoms in total. The van der Waals surface area contributed by atoms with Crippen LogP contribution in [0.5, 0.6) is 0 Å². The molecule has 0 bridgehead atoms. The maximum absolute atomic E-state index is 12.2. The van der Waals surface area contributed by atoms with Crippen LogP contribution in [0.4, 0.5) is 5.82 Å². The zero-order valence-corrected chi connectivity index (χ0v) is 17.6. The maximum Gasteiger partial charge on any atom is 0.492 e. The largest absolute Gasteiger partial charge is 0.492 e. The van der Waals surface area contributed by atoms with Crippen LogP contribution in [0.25, 0.3) is 11.2 Å². The Bertz CT molecular complexity index is 1070. The Balaban J connectivity index is 1.79. The quantitative estimate of drug-likeness (QED) is 0.197. The van der Waals surface area contributed by atoms with Gasteiger partial charge in [-0.3, -0.25) is 9.09 Å². The fraction of sp³-hybridized carbons (Fsp3) is 0.500. The SMILES string of the molecule is Nc1ncnc2c1ncn2C1O[C@H](COP(=O)(OP(=O)(O)O)OP(=O)(O)O)[C@@H](O)[C@H]1O. The minimum absolute atomic E-state index is 0.0294. The highest BCUT2D eigenvalue weighted by Crippen LogP contribution is 2.67. The number of fused-ring (bicyclic) bond motifs is 1. The summed E-state index contributed by atoms with van der Waals surface area (Å²) in [5.74, 6) is 0.0294. The summed E-state index contributed by atoms with van der Waals surface area (Å²) in [7, 11) is -16.7. The second-order valence-electron chi connectivity index (χ2n) is 6.02. The number of nitrogen functional groups attached to an aromatic ring is 1. The Morgan fingerprint density at radius 2 is 1.65 bits per heavy atom. The molecule has 1 aliphatic rings. The Labute approximate surface area is 171 Å². The molecule has 0 radical (unpaired) electrons. The van der Waals surface area contributed by atoms with Gasteiger partial charge in [0.25, 0.3) is 0 Å². The average Bonchev–Trinajstić information content (AvgIpc) is 3.13. The van der Waals surface area contributed by atoms with Gasteiger partial charge in [-0.2, -0.15) is 8.62 Å². The Morgan fingerprint density at radius 3 is 2.23 bits per heavy atom. The third-order valence-electron chi connectivity index (χ3n) is 3.81. The molecule has 3 heterocycles. The van der Waals surface area contributed by atoms with Crippen LogP contribution in [0.15, 0.2) is 12.7 Å². The molecule has 1 fully saturated rings. The number of aliphatic hydroxyl groups excluding tert-OH is 2. The second-order valence-corrected chi connectivity index (χ2v) is 10.4. The van der Waals surface area contributed by atoms with Gasteiger partial charge in [0.1, 0.15) is 30.2 Å². The molecule has 4 atom stereocenters. The normalized spacial score (nSPS) is 25.4. The molecule has 21 heteroatoms. The summed E-state index contributed by atoms with van der Waals surface area (Å²) < 4.78 is 52.7. The fourth-order valence-corrected chi connectivity index (χ4v) is 5.82. The first-order valence-electron chi connectivity index (χ1n) is 7.92. The first kappa shape index (κ1) is 24.3. The number of aromatic nitrogens is 4. The van der Waals surface area contributed by atoms with E-state index >= 15 is 0 Å². The summed E-state index contributed by atoms with van der Waals surface area (Å²) in [6, 6.07) is 0. The molecule has 0 saturated carbocycles. The van der Waals surface area contributed by atoms with Gasteiger partial charge in [-0.15, -0.1) is 0 Å². The molecule has 0 aromatic carbocycles. The molecule has 0 spiro atoms. The summed E-state index contributed by atoms with van der Waals surface area (Å²) in [5.41, 5.74) is 5.97. The standard InChI is InChI=1S/C10H16N5O13P3/c11-8-5-9(13-2-12-8)15(3-14-5)10-7(17)6(16)4(26-10)1-25-31(24,27-29(18,19)20)28-30(21,22)23/h2-4,6-7,10,16-17H,1H2,(H2,11,12,13)(H2,18,19,20)(H2,21,22,23)/t4-,6-,7-,10?/m1/s1. The van der Waals surface area contributed by atoms with E-state index in [1.54, 1.807) is 0 Å². The maximum atomic E-state index is 12.2. The lowest BCUT2D eigenvalue weighted by Gasteiger charge is -2.21. The van der Waals surface area contributed by atoms with Gasteiger partial charge in [0.2, 0.25) is 0 Å². The van der Waals surface area contributed by atoms with Gasteiger partial charge in [0.15, 0.2) is 17.7 Å². The van der Waals surface area contributed by atoms with Crippen molar-refractivity contribution in [3.8, 4) is 0 Å². The molecule has 1 saturated heterocycles. The topological polar surface area (TPSA) is 279 Å². The molecule has 174 valence electrons. The molecular formula is C10H16N5O13P3. The van der Waals surface area contributed by atoms with Crippen LogP contribution in [-0.2, 0) is 31.6 Å². The van der Waals surface area contributed by atoms with Crippen molar-refractivity contribution in [3.63, 3.8) is 0 Å². The van der Waals surface area contributed by atoms with Crippen molar-refractivity contribution in [2.75, 3.05) is 12.3 Å². The van der Waals surface area contributed by atoms with E-state index in [-0.39, 0.29) is 17.0 Å². The number of phosphoric acid groups is 3. The molecule has 0 amide bonds. The van der Waals surface area contributed by atoms with Crippen LogP contribution >= 0.6 is 23.5 Å². The highest BCUT2D eigenvalue weighted by Gasteiger charge is 2.48. The van der Waals surface area contributed by atoms with Crippen molar-refractivity contribution >= 4 is 40.4 Å². The zero-order valence-electron chi connectivity index (χ0n) is 14.9. The van der Waals surface area contributed by atoms with Crippen LogP contribution < -0.4 is 5.73 Å². The van der Waals surface area contributed by atoms with Crippen LogP contribution in [0, 0.1) is 0 Å². The Hall–Kier alpha value is -1.36. The summed E-state index contributed by atoms with van der Waals surface area (Å²) in [6.07, 6.45) is -3.91. The van der Waals surface area contributed by atoms with E-state index in [1.165, 1.54) is 10.9 Å². The van der Waals surface area contributed by atoms with Gasteiger partial charge in [0, 0.05) is 0 Å². The minimum Gasteiger partial charge on any atom is -0.387 e. The molecule has 31 heavy (non-hydrogen) atoms. The number of aliphatic hydroxyl groups is 2. The predicted molar refractivity (Wildman–Crippen MR) is 95.5 cm³/mol. The first-order valence-corrected chi connectivity index (χ1v) is 12.4. The lowest BCUT2D eigenvalue weighted by molar-refractivity contribution is -0.0502. The number of nitrogens with zero attached hydrogens (tertiary/aromatic N) is 4. The Morgan fingerprint density at radius 1 is 1.03 bits per heavy atom. The molecule has 1 unspecified atom stereocenters. The lowest BCUT2D eigenvalue weighted by atomic mass is 10.1. The number of anilines is 1. The van der Waals surface area contributed by atoms with Gasteiger partial charge in [-0.1, -0.05) is 0 Å². The summed E-state index contributed by atoms with van der Waals surface area (Å²) >= 11 is 0. The van der Waals surface area contributed by atoms with Gasteiger partial charge < -0.3 is 40.3 Å². The molecule has 0 aliphatic carbocycles. The molecule has 1 aliphatic heterocycles. The number of rotatable bonds is 8. The van der Waals surface area contributed by atoms with Gasteiger partial charge in [0.05, 0.1) is 12.9 Å². The van der Waals surface area contributed by atoms with Gasteiger partial charge >= 0.3 is 23.5 Å². The monoisotopic (exact) mass is 507 g/mol. The van der Waals surface area contributed by atoms with Crippen molar-refractivity contribution in [3.05, 3.63) is 12.7 Å². The van der Waals surface area contributed by atoms with Crippen molar-refractivity contribution in [1.29, 1.82) is 0 Å². The smallest absolute Gasteiger partial charge is 0.387 e. The summed E-state index contributed by atoms with van der Waals surface area (Å²) in [4.78, 5) is 46.8. The van der Waals surface area contributed by atoms with Crippen LogP contribution in [0.2, 0.25) is 0 Å². The van der Waals surface area contributed by atoms with E-state index < -0.39 is 54.6 Å². The third-order valence-corrected chi connectivity index (χ3v) is 7.58. The second kappa shape index (κ2) is 8.53. The molecular weight excluding hydrogens is 491 g/mol. The van der Waals surface area contributed by atoms with Crippen molar-refractivity contribution < 1.29 is 61.4 Å². The molecule has 2 aromatic rings. The number of hydrogen-bond acceptors (Lipinski definition) is 13. The van der Waals surface area contributed by atoms with E-state index in [0.29, 0.717) is 0 Å². The van der Waals surface area contributed by atoms with Crippen molar-refractivity contribution in [1.82, 2.24) is 19.5 Å². The van der Waals surface area contributed by atoms with Crippen molar-refractivity contribution in [2.45, 2.75) is 24.5 Å².